The lowest BCUT2D eigenvalue weighted by Crippen LogP contribution is -2.38. The Kier molecular flexibility index (Phi) is 5.30. The van der Waals surface area contributed by atoms with E-state index in [-0.39, 0.29) is 5.92 Å². The van der Waals surface area contributed by atoms with Gasteiger partial charge in [-0.3, -0.25) is 0 Å². The first kappa shape index (κ1) is 18.7. The Hall–Kier alpha value is -2.29. The molecule has 2 fully saturated rings. The number of aliphatic hydroxyl groups is 1. The van der Waals surface area contributed by atoms with Gasteiger partial charge in [0.25, 0.3) is 0 Å². The smallest absolute Gasteiger partial charge is 0.139 e. The first-order chi connectivity index (χ1) is 14.3. The summed E-state index contributed by atoms with van der Waals surface area (Å²) < 4.78 is 5.47. The Morgan fingerprint density at radius 1 is 1.10 bits per heavy atom. The SMILES string of the molecule is O[C@H](c1nccs1)[C@H]1CCCN(c2ncnc3cc(N4CCOCC4)ccc23)C1. The molecule has 4 heterocycles. The third-order valence-electron chi connectivity index (χ3n) is 5.88. The van der Waals surface area contributed by atoms with Crippen LogP contribution >= 0.6 is 11.3 Å². The summed E-state index contributed by atoms with van der Waals surface area (Å²) in [7, 11) is 0. The van der Waals surface area contributed by atoms with Crippen molar-refractivity contribution >= 4 is 33.7 Å². The van der Waals surface area contributed by atoms with Crippen LogP contribution in [0.1, 0.15) is 24.0 Å². The van der Waals surface area contributed by atoms with E-state index >= 15 is 0 Å². The molecule has 2 aromatic heterocycles. The zero-order valence-electron chi connectivity index (χ0n) is 16.3. The van der Waals surface area contributed by atoms with Gasteiger partial charge < -0.3 is 19.6 Å². The Bertz CT molecular complexity index is 961. The van der Waals surface area contributed by atoms with Crippen molar-refractivity contribution in [3.63, 3.8) is 0 Å². The van der Waals surface area contributed by atoms with E-state index in [1.165, 1.54) is 17.0 Å². The van der Waals surface area contributed by atoms with Gasteiger partial charge in [0.15, 0.2) is 0 Å². The van der Waals surface area contributed by atoms with Gasteiger partial charge in [-0.15, -0.1) is 11.3 Å². The Morgan fingerprint density at radius 3 is 2.83 bits per heavy atom. The average molecular weight is 412 g/mol. The minimum absolute atomic E-state index is 0.160. The van der Waals surface area contributed by atoms with Crippen molar-refractivity contribution in [3.8, 4) is 0 Å². The van der Waals surface area contributed by atoms with E-state index in [0.717, 1.165) is 74.0 Å². The highest BCUT2D eigenvalue weighted by Crippen LogP contribution is 2.34. The molecule has 2 aliphatic rings. The molecule has 152 valence electrons. The lowest BCUT2D eigenvalue weighted by Gasteiger charge is -2.35. The third-order valence-corrected chi connectivity index (χ3v) is 6.73. The largest absolute Gasteiger partial charge is 0.386 e. The Morgan fingerprint density at radius 2 is 2.00 bits per heavy atom. The van der Waals surface area contributed by atoms with Crippen LogP contribution in [-0.4, -0.2) is 59.5 Å². The van der Waals surface area contributed by atoms with Gasteiger partial charge in [-0.25, -0.2) is 15.0 Å². The van der Waals surface area contributed by atoms with Crippen LogP contribution in [0, 0.1) is 5.92 Å². The van der Waals surface area contributed by atoms with Gasteiger partial charge in [0, 0.05) is 54.7 Å². The summed E-state index contributed by atoms with van der Waals surface area (Å²) in [6.07, 6.45) is 4.93. The predicted octanol–water partition coefficient (Wildman–Crippen LogP) is 2.87. The van der Waals surface area contributed by atoms with Crippen LogP contribution < -0.4 is 9.80 Å². The minimum Gasteiger partial charge on any atom is -0.386 e. The van der Waals surface area contributed by atoms with Gasteiger partial charge in [-0.1, -0.05) is 0 Å². The average Bonchev–Trinajstić information content (AvgIpc) is 3.33. The van der Waals surface area contributed by atoms with Gasteiger partial charge in [-0.2, -0.15) is 0 Å². The molecule has 0 amide bonds. The van der Waals surface area contributed by atoms with E-state index in [2.05, 4.69) is 43.0 Å². The maximum atomic E-state index is 10.8. The number of anilines is 2. The van der Waals surface area contributed by atoms with E-state index in [1.807, 2.05) is 5.38 Å². The quantitative estimate of drug-likeness (QED) is 0.707. The van der Waals surface area contributed by atoms with Crippen LogP contribution in [0.5, 0.6) is 0 Å². The van der Waals surface area contributed by atoms with Crippen molar-refractivity contribution in [2.45, 2.75) is 18.9 Å². The summed E-state index contributed by atoms with van der Waals surface area (Å²) in [5, 5.41) is 14.6. The number of nitrogens with zero attached hydrogens (tertiary/aromatic N) is 5. The molecule has 5 rings (SSSR count). The van der Waals surface area contributed by atoms with Crippen LogP contribution in [0.3, 0.4) is 0 Å². The fourth-order valence-electron chi connectivity index (χ4n) is 4.34. The van der Waals surface area contributed by atoms with Gasteiger partial charge >= 0.3 is 0 Å². The number of hydrogen-bond acceptors (Lipinski definition) is 8. The van der Waals surface area contributed by atoms with Crippen LogP contribution in [-0.2, 0) is 4.74 Å². The first-order valence-electron chi connectivity index (χ1n) is 10.2. The molecular formula is C21H25N5O2S. The zero-order valence-corrected chi connectivity index (χ0v) is 17.1. The number of aromatic nitrogens is 3. The summed E-state index contributed by atoms with van der Waals surface area (Å²) in [6, 6.07) is 6.44. The fourth-order valence-corrected chi connectivity index (χ4v) is 5.06. The summed E-state index contributed by atoms with van der Waals surface area (Å²) in [5.41, 5.74) is 2.14. The second kappa shape index (κ2) is 8.22. The number of piperidine rings is 1. The Balaban J connectivity index is 1.40. The normalized spacial score (nSPS) is 21.5. The number of fused-ring (bicyclic) bond motifs is 1. The lowest BCUT2D eigenvalue weighted by molar-refractivity contribution is 0.0977. The summed E-state index contributed by atoms with van der Waals surface area (Å²) >= 11 is 1.52. The van der Waals surface area contributed by atoms with Gasteiger partial charge in [0.2, 0.25) is 0 Å². The highest BCUT2D eigenvalue weighted by Gasteiger charge is 2.29. The topological polar surface area (TPSA) is 74.6 Å². The highest BCUT2D eigenvalue weighted by molar-refractivity contribution is 7.09. The monoisotopic (exact) mass is 411 g/mol. The molecule has 2 aliphatic heterocycles. The molecule has 7 nitrogen and oxygen atoms in total. The van der Waals surface area contributed by atoms with Crippen LogP contribution in [0.2, 0.25) is 0 Å². The predicted molar refractivity (Wildman–Crippen MR) is 115 cm³/mol. The maximum Gasteiger partial charge on any atom is 0.139 e. The second-order valence-electron chi connectivity index (χ2n) is 7.66. The molecule has 0 bridgehead atoms. The maximum absolute atomic E-state index is 10.8. The Labute approximate surface area is 174 Å². The zero-order chi connectivity index (χ0) is 19.6. The number of aliphatic hydroxyl groups excluding tert-OH is 1. The summed E-state index contributed by atoms with van der Waals surface area (Å²) in [4.78, 5) is 18.1. The van der Waals surface area contributed by atoms with E-state index in [4.69, 9.17) is 4.74 Å². The van der Waals surface area contributed by atoms with E-state index < -0.39 is 6.10 Å². The van der Waals surface area contributed by atoms with Crippen LogP contribution in [0.25, 0.3) is 10.9 Å². The molecule has 1 aromatic carbocycles. The molecule has 3 aromatic rings. The van der Waals surface area contributed by atoms with Gasteiger partial charge in [0.05, 0.1) is 18.7 Å². The molecule has 0 saturated carbocycles. The van der Waals surface area contributed by atoms with Crippen molar-refractivity contribution in [3.05, 3.63) is 41.1 Å². The second-order valence-corrected chi connectivity index (χ2v) is 8.59. The van der Waals surface area contributed by atoms with E-state index in [9.17, 15) is 5.11 Å². The van der Waals surface area contributed by atoms with Crippen molar-refractivity contribution in [1.82, 2.24) is 15.0 Å². The van der Waals surface area contributed by atoms with Crippen LogP contribution in [0.15, 0.2) is 36.1 Å². The molecule has 29 heavy (non-hydrogen) atoms. The summed E-state index contributed by atoms with van der Waals surface area (Å²) in [6.45, 7) is 5.07. The van der Waals surface area contributed by atoms with Crippen molar-refractivity contribution in [2.24, 2.45) is 5.92 Å². The van der Waals surface area contributed by atoms with Crippen molar-refractivity contribution < 1.29 is 9.84 Å². The fraction of sp³-hybridized carbons (Fsp3) is 0.476. The van der Waals surface area contributed by atoms with Crippen LogP contribution in [0.4, 0.5) is 11.5 Å². The number of benzene rings is 1. The molecule has 2 atom stereocenters. The van der Waals surface area contributed by atoms with Gasteiger partial charge in [-0.05, 0) is 31.0 Å². The number of rotatable bonds is 4. The molecule has 8 heteroatoms. The number of morpholine rings is 1. The molecule has 2 saturated heterocycles. The van der Waals surface area contributed by atoms with E-state index in [1.54, 1.807) is 12.5 Å². The molecule has 0 unspecified atom stereocenters. The van der Waals surface area contributed by atoms with Crippen molar-refractivity contribution in [2.75, 3.05) is 49.2 Å². The molecular weight excluding hydrogens is 386 g/mol. The van der Waals surface area contributed by atoms with Gasteiger partial charge in [0.1, 0.15) is 23.3 Å². The standard InChI is InChI=1S/C21H25N5O2S/c27-19(21-22-5-11-29-21)15-2-1-6-26(13-15)20-17-4-3-16(12-18(17)23-14-24-20)25-7-9-28-10-8-25/h3-5,11-12,14-15,19,27H,1-2,6-10,13H2/t15-,19-/m0/s1. The first-order valence-corrected chi connectivity index (χ1v) is 11.1. The molecule has 0 radical (unpaired) electrons. The molecule has 0 spiro atoms. The number of thiazole rings is 1. The highest BCUT2D eigenvalue weighted by atomic mass is 32.1. The number of ether oxygens (including phenoxy) is 1. The number of hydrogen-bond donors (Lipinski definition) is 1. The lowest BCUT2D eigenvalue weighted by atomic mass is 9.92. The third kappa shape index (κ3) is 3.80. The molecule has 1 N–H and O–H groups in total. The van der Waals surface area contributed by atoms with Crippen molar-refractivity contribution in [1.29, 1.82) is 0 Å². The van der Waals surface area contributed by atoms with E-state index in [0.29, 0.717) is 0 Å². The molecule has 0 aliphatic carbocycles. The minimum atomic E-state index is -0.515. The summed E-state index contributed by atoms with van der Waals surface area (Å²) in [5.74, 6) is 1.12.